The number of benzene rings is 1. The minimum absolute atomic E-state index is 0.00813. The van der Waals surface area contributed by atoms with Crippen molar-refractivity contribution in [3.63, 3.8) is 0 Å². The number of ether oxygens (including phenoxy) is 1. The Kier molecular flexibility index (Phi) is 4.76. The van der Waals surface area contributed by atoms with Crippen LogP contribution >= 0.6 is 11.8 Å². The van der Waals surface area contributed by atoms with Gasteiger partial charge in [0.15, 0.2) is 0 Å². The highest BCUT2D eigenvalue weighted by Gasteiger charge is 2.44. The molecule has 134 valence electrons. The van der Waals surface area contributed by atoms with Crippen LogP contribution < -0.4 is 4.74 Å². The Morgan fingerprint density at radius 1 is 1.08 bits per heavy atom. The Balaban J connectivity index is 1.36. The Labute approximate surface area is 153 Å². The van der Waals surface area contributed by atoms with Gasteiger partial charge in [-0.3, -0.25) is 14.5 Å². The Morgan fingerprint density at radius 3 is 2.60 bits per heavy atom. The van der Waals surface area contributed by atoms with Gasteiger partial charge in [-0.2, -0.15) is 0 Å². The van der Waals surface area contributed by atoms with Crippen molar-refractivity contribution in [3.8, 4) is 5.75 Å². The van der Waals surface area contributed by atoms with Gasteiger partial charge in [-0.05, 0) is 48.5 Å². The van der Waals surface area contributed by atoms with Crippen LogP contribution in [-0.4, -0.2) is 35.6 Å². The molecule has 25 heavy (non-hydrogen) atoms. The van der Waals surface area contributed by atoms with Gasteiger partial charge in [0.05, 0.1) is 11.4 Å². The molecule has 1 aromatic rings. The van der Waals surface area contributed by atoms with Gasteiger partial charge in [-0.1, -0.05) is 25.0 Å². The SMILES string of the molecule is O=C1CC2(CCCC2)CC(=O)N1CCOc1cccc2c1SCCC2. The van der Waals surface area contributed by atoms with Gasteiger partial charge in [-0.15, -0.1) is 11.8 Å². The van der Waals surface area contributed by atoms with Crippen molar-refractivity contribution < 1.29 is 14.3 Å². The number of hydrogen-bond donors (Lipinski definition) is 0. The minimum Gasteiger partial charge on any atom is -0.491 e. The number of piperidine rings is 1. The molecule has 2 amide bonds. The van der Waals surface area contributed by atoms with E-state index in [1.54, 1.807) is 0 Å². The van der Waals surface area contributed by atoms with Crippen molar-refractivity contribution in [3.05, 3.63) is 23.8 Å². The predicted octanol–water partition coefficient (Wildman–Crippen LogP) is 3.81. The van der Waals surface area contributed by atoms with Crippen molar-refractivity contribution in [2.75, 3.05) is 18.9 Å². The number of amides is 2. The summed E-state index contributed by atoms with van der Waals surface area (Å²) in [4.78, 5) is 27.6. The predicted molar refractivity (Wildman–Crippen MR) is 97.8 cm³/mol. The van der Waals surface area contributed by atoms with Gasteiger partial charge in [0, 0.05) is 12.8 Å². The third-order valence-electron chi connectivity index (χ3n) is 5.79. The topological polar surface area (TPSA) is 46.6 Å². The van der Waals surface area contributed by atoms with Crippen molar-refractivity contribution >= 4 is 23.6 Å². The Bertz CT molecular complexity index is 662. The molecule has 1 aromatic carbocycles. The molecule has 1 saturated heterocycles. The molecule has 4 nitrogen and oxygen atoms in total. The van der Waals surface area contributed by atoms with Crippen LogP contribution in [0, 0.1) is 5.41 Å². The molecule has 0 unspecified atom stereocenters. The molecule has 0 atom stereocenters. The highest BCUT2D eigenvalue weighted by molar-refractivity contribution is 7.99. The van der Waals surface area contributed by atoms with Gasteiger partial charge in [0.25, 0.3) is 0 Å². The van der Waals surface area contributed by atoms with Crippen LogP contribution in [-0.2, 0) is 16.0 Å². The first-order valence-corrected chi connectivity index (χ1v) is 10.4. The maximum absolute atomic E-state index is 12.5. The van der Waals surface area contributed by atoms with Crippen molar-refractivity contribution in [2.24, 2.45) is 5.41 Å². The fourth-order valence-corrected chi connectivity index (χ4v) is 5.60. The van der Waals surface area contributed by atoms with E-state index in [2.05, 4.69) is 6.07 Å². The summed E-state index contributed by atoms with van der Waals surface area (Å²) in [7, 11) is 0. The molecular formula is C20H25NO3S. The molecule has 2 fully saturated rings. The minimum atomic E-state index is -0.0271. The number of imide groups is 1. The van der Waals surface area contributed by atoms with Gasteiger partial charge >= 0.3 is 0 Å². The Morgan fingerprint density at radius 2 is 1.84 bits per heavy atom. The smallest absolute Gasteiger partial charge is 0.229 e. The van der Waals surface area contributed by atoms with E-state index >= 15 is 0 Å². The number of nitrogens with zero attached hydrogens (tertiary/aromatic N) is 1. The molecule has 1 aliphatic carbocycles. The maximum atomic E-state index is 12.5. The van der Waals surface area contributed by atoms with Crippen molar-refractivity contribution in [1.29, 1.82) is 0 Å². The lowest BCUT2D eigenvalue weighted by atomic mass is 9.76. The van der Waals surface area contributed by atoms with Gasteiger partial charge in [0.1, 0.15) is 12.4 Å². The summed E-state index contributed by atoms with van der Waals surface area (Å²) >= 11 is 1.84. The molecule has 1 saturated carbocycles. The molecule has 0 N–H and O–H groups in total. The first-order valence-electron chi connectivity index (χ1n) is 9.38. The average molecular weight is 359 g/mol. The number of thioether (sulfide) groups is 1. The third kappa shape index (κ3) is 3.43. The summed E-state index contributed by atoms with van der Waals surface area (Å²) in [6.07, 6.45) is 7.75. The number of carbonyl (C=O) groups excluding carboxylic acids is 2. The van der Waals surface area contributed by atoms with E-state index in [1.165, 1.54) is 21.8 Å². The zero-order valence-corrected chi connectivity index (χ0v) is 15.4. The molecule has 0 radical (unpaired) electrons. The first-order chi connectivity index (χ1) is 12.2. The first kappa shape index (κ1) is 17.0. The largest absolute Gasteiger partial charge is 0.491 e. The van der Waals surface area contributed by atoms with Crippen molar-refractivity contribution in [2.45, 2.75) is 56.3 Å². The van der Waals surface area contributed by atoms with E-state index in [4.69, 9.17) is 4.74 Å². The lowest BCUT2D eigenvalue weighted by molar-refractivity contribution is -0.153. The van der Waals surface area contributed by atoms with Crippen LogP contribution in [0.25, 0.3) is 0 Å². The Hall–Kier alpha value is -1.49. The number of carbonyl (C=O) groups is 2. The molecule has 3 aliphatic rings. The molecular weight excluding hydrogens is 334 g/mol. The maximum Gasteiger partial charge on any atom is 0.229 e. The fraction of sp³-hybridized carbons (Fsp3) is 0.600. The number of fused-ring (bicyclic) bond motifs is 1. The normalized spacial score (nSPS) is 22.3. The highest BCUT2D eigenvalue weighted by atomic mass is 32.2. The molecule has 5 heteroatoms. The van der Waals surface area contributed by atoms with E-state index in [0.29, 0.717) is 26.0 Å². The monoisotopic (exact) mass is 359 g/mol. The van der Waals surface area contributed by atoms with E-state index in [1.807, 2.05) is 23.9 Å². The molecule has 0 aromatic heterocycles. The molecule has 2 aliphatic heterocycles. The van der Waals surface area contributed by atoms with Crippen LogP contribution in [0.1, 0.15) is 50.5 Å². The van der Waals surface area contributed by atoms with E-state index in [0.717, 1.165) is 43.6 Å². The van der Waals surface area contributed by atoms with Crippen LogP contribution in [0.15, 0.2) is 23.1 Å². The lowest BCUT2D eigenvalue weighted by Gasteiger charge is -2.37. The van der Waals surface area contributed by atoms with E-state index < -0.39 is 0 Å². The zero-order chi connectivity index (χ0) is 17.3. The van der Waals surface area contributed by atoms with E-state index in [-0.39, 0.29) is 17.2 Å². The number of likely N-dealkylation sites (tertiary alicyclic amines) is 1. The van der Waals surface area contributed by atoms with Crippen LogP contribution in [0.5, 0.6) is 5.75 Å². The average Bonchev–Trinajstić information content (AvgIpc) is 3.05. The molecule has 0 bridgehead atoms. The van der Waals surface area contributed by atoms with Gasteiger partial charge in [0.2, 0.25) is 11.8 Å². The fourth-order valence-electron chi connectivity index (χ4n) is 4.48. The summed E-state index contributed by atoms with van der Waals surface area (Å²) < 4.78 is 5.95. The summed E-state index contributed by atoms with van der Waals surface area (Å²) in [5.74, 6) is 2.00. The number of rotatable bonds is 4. The van der Waals surface area contributed by atoms with Crippen molar-refractivity contribution in [1.82, 2.24) is 4.90 Å². The highest BCUT2D eigenvalue weighted by Crippen LogP contribution is 2.46. The van der Waals surface area contributed by atoms with E-state index in [9.17, 15) is 9.59 Å². The standard InChI is InChI=1S/C20H25NO3S/c22-17-13-20(8-1-2-9-20)14-18(23)21(17)10-11-24-16-7-3-5-15-6-4-12-25-19(15)16/h3,5,7H,1-2,4,6,8-14H2. The van der Waals surface area contributed by atoms with Crippen LogP contribution in [0.3, 0.4) is 0 Å². The zero-order valence-electron chi connectivity index (χ0n) is 14.6. The summed E-state index contributed by atoms with van der Waals surface area (Å²) in [6, 6.07) is 6.18. The summed E-state index contributed by atoms with van der Waals surface area (Å²) in [6.45, 7) is 0.740. The second-order valence-electron chi connectivity index (χ2n) is 7.54. The number of hydrogen-bond acceptors (Lipinski definition) is 4. The second kappa shape index (κ2) is 7.02. The number of aryl methyl sites for hydroxylation is 1. The quantitative estimate of drug-likeness (QED) is 0.767. The third-order valence-corrected chi connectivity index (χ3v) is 7.03. The van der Waals surface area contributed by atoms with Gasteiger partial charge in [-0.25, -0.2) is 0 Å². The summed E-state index contributed by atoms with van der Waals surface area (Å²) in [5, 5.41) is 0. The lowest BCUT2D eigenvalue weighted by Crippen LogP contribution is -2.48. The van der Waals surface area contributed by atoms with Crippen LogP contribution in [0.2, 0.25) is 0 Å². The molecule has 2 heterocycles. The summed E-state index contributed by atoms with van der Waals surface area (Å²) in [5.41, 5.74) is 1.32. The van der Waals surface area contributed by atoms with Crippen LogP contribution in [0.4, 0.5) is 0 Å². The molecule has 4 rings (SSSR count). The molecule has 1 spiro atoms. The van der Waals surface area contributed by atoms with Gasteiger partial charge < -0.3 is 4.74 Å². The second-order valence-corrected chi connectivity index (χ2v) is 8.65.